The maximum Gasteiger partial charge on any atom is 0.296 e. The number of hydrogen-bond acceptors (Lipinski definition) is 6. The van der Waals surface area contributed by atoms with E-state index in [2.05, 4.69) is 10.2 Å². The Hall–Kier alpha value is -2.23. The number of aryl methyl sites for hydroxylation is 1. The lowest BCUT2D eigenvalue weighted by atomic mass is 10.2. The van der Waals surface area contributed by atoms with Crippen LogP contribution in [0.3, 0.4) is 0 Å². The number of para-hydroxylation sites is 1. The predicted molar refractivity (Wildman–Crippen MR) is 84.5 cm³/mol. The van der Waals surface area contributed by atoms with Crippen LogP contribution in [0.2, 0.25) is 0 Å². The van der Waals surface area contributed by atoms with Crippen LogP contribution in [0.5, 0.6) is 11.5 Å². The molecular formula is C13H10IN3O4. The highest BCUT2D eigenvalue weighted by molar-refractivity contribution is 14.1. The highest BCUT2D eigenvalue weighted by Crippen LogP contribution is 2.42. The summed E-state index contributed by atoms with van der Waals surface area (Å²) in [6.07, 6.45) is 0. The van der Waals surface area contributed by atoms with Crippen molar-refractivity contribution in [2.75, 3.05) is 0 Å². The summed E-state index contributed by atoms with van der Waals surface area (Å²) < 4.78 is 0.530. The molecular weight excluding hydrogens is 389 g/mol. The van der Waals surface area contributed by atoms with Crippen LogP contribution >= 0.6 is 22.6 Å². The molecule has 2 rings (SSSR count). The number of hydrogen-bond donors (Lipinski definition) is 2. The smallest absolute Gasteiger partial charge is 0.296 e. The van der Waals surface area contributed by atoms with Gasteiger partial charge in [-0.25, -0.2) is 0 Å². The van der Waals surface area contributed by atoms with Gasteiger partial charge in [-0.1, -0.05) is 12.1 Å². The van der Waals surface area contributed by atoms with Crippen molar-refractivity contribution in [3.05, 3.63) is 49.6 Å². The molecule has 2 N–H and O–H groups in total. The van der Waals surface area contributed by atoms with Crippen LogP contribution in [-0.4, -0.2) is 15.1 Å². The molecule has 0 aliphatic heterocycles. The first kappa shape index (κ1) is 15.2. The van der Waals surface area contributed by atoms with Gasteiger partial charge in [0.25, 0.3) is 5.69 Å². The molecule has 2 aromatic carbocycles. The number of rotatable bonds is 3. The van der Waals surface area contributed by atoms with E-state index in [1.807, 2.05) is 22.6 Å². The first-order valence-corrected chi connectivity index (χ1v) is 6.86. The maximum absolute atomic E-state index is 10.9. The zero-order chi connectivity index (χ0) is 15.6. The Morgan fingerprint density at radius 3 is 2.57 bits per heavy atom. The van der Waals surface area contributed by atoms with Crippen molar-refractivity contribution in [1.82, 2.24) is 0 Å². The molecule has 0 aliphatic carbocycles. The maximum atomic E-state index is 10.9. The SMILES string of the molecule is Cc1cc(O)c(N=Nc2ccccc2[N+](=O)[O-])c(O)c1I. The second-order valence-electron chi connectivity index (χ2n) is 4.17. The van der Waals surface area contributed by atoms with Crippen LogP contribution in [0.4, 0.5) is 17.1 Å². The molecule has 0 heterocycles. The van der Waals surface area contributed by atoms with Crippen LogP contribution in [0.25, 0.3) is 0 Å². The Balaban J connectivity index is 2.48. The fraction of sp³-hybridized carbons (Fsp3) is 0.0769. The lowest BCUT2D eigenvalue weighted by Gasteiger charge is -2.06. The van der Waals surface area contributed by atoms with Crippen molar-refractivity contribution in [1.29, 1.82) is 0 Å². The first-order valence-electron chi connectivity index (χ1n) is 5.78. The fourth-order valence-corrected chi connectivity index (χ4v) is 2.07. The van der Waals surface area contributed by atoms with Crippen molar-refractivity contribution in [2.24, 2.45) is 10.2 Å². The Morgan fingerprint density at radius 1 is 1.24 bits per heavy atom. The molecule has 2 aromatic rings. The number of nitro benzene ring substituents is 1. The number of halogens is 1. The zero-order valence-electron chi connectivity index (χ0n) is 10.8. The molecule has 0 spiro atoms. The van der Waals surface area contributed by atoms with E-state index in [4.69, 9.17) is 0 Å². The lowest BCUT2D eigenvalue weighted by Crippen LogP contribution is -1.87. The van der Waals surface area contributed by atoms with E-state index in [1.54, 1.807) is 13.0 Å². The van der Waals surface area contributed by atoms with Crippen LogP contribution < -0.4 is 0 Å². The van der Waals surface area contributed by atoms with Gasteiger partial charge in [-0.3, -0.25) is 10.1 Å². The van der Waals surface area contributed by atoms with Crippen molar-refractivity contribution in [3.63, 3.8) is 0 Å². The van der Waals surface area contributed by atoms with E-state index < -0.39 is 4.92 Å². The molecule has 0 fully saturated rings. The Morgan fingerprint density at radius 2 is 1.90 bits per heavy atom. The second kappa shape index (κ2) is 6.04. The summed E-state index contributed by atoms with van der Waals surface area (Å²) in [5, 5.41) is 38.1. The number of benzene rings is 2. The number of phenolic OH excluding ortho intramolecular Hbond substituents is 2. The molecule has 0 atom stereocenters. The minimum absolute atomic E-state index is 0.0388. The van der Waals surface area contributed by atoms with Crippen LogP contribution in [0, 0.1) is 20.6 Å². The average Bonchev–Trinajstić information content (AvgIpc) is 2.45. The number of azo groups is 1. The molecule has 0 bridgehead atoms. The average molecular weight is 399 g/mol. The molecule has 0 saturated carbocycles. The highest BCUT2D eigenvalue weighted by Gasteiger charge is 2.15. The summed E-state index contributed by atoms with van der Waals surface area (Å²) in [7, 11) is 0. The van der Waals surface area contributed by atoms with Gasteiger partial charge in [0.2, 0.25) is 0 Å². The third-order valence-corrected chi connectivity index (χ3v) is 4.07. The van der Waals surface area contributed by atoms with Gasteiger partial charge < -0.3 is 10.2 Å². The lowest BCUT2D eigenvalue weighted by molar-refractivity contribution is -0.384. The molecule has 0 aromatic heterocycles. The van der Waals surface area contributed by atoms with Gasteiger partial charge in [0.15, 0.2) is 17.1 Å². The largest absolute Gasteiger partial charge is 0.505 e. The molecule has 21 heavy (non-hydrogen) atoms. The molecule has 0 radical (unpaired) electrons. The quantitative estimate of drug-likeness (QED) is 0.347. The van der Waals surface area contributed by atoms with Gasteiger partial charge in [0.1, 0.15) is 5.75 Å². The van der Waals surface area contributed by atoms with Crippen molar-refractivity contribution in [2.45, 2.75) is 6.92 Å². The van der Waals surface area contributed by atoms with Gasteiger partial charge in [-0.2, -0.15) is 0 Å². The molecule has 108 valence electrons. The summed E-state index contributed by atoms with van der Waals surface area (Å²) in [6.45, 7) is 1.73. The van der Waals surface area contributed by atoms with Crippen molar-refractivity contribution >= 4 is 39.7 Å². The second-order valence-corrected chi connectivity index (χ2v) is 5.25. The molecule has 0 saturated heterocycles. The van der Waals surface area contributed by atoms with Crippen LogP contribution in [0.1, 0.15) is 5.56 Å². The molecule has 8 heteroatoms. The summed E-state index contributed by atoms with van der Waals surface area (Å²) in [4.78, 5) is 10.3. The van der Waals surface area contributed by atoms with E-state index >= 15 is 0 Å². The van der Waals surface area contributed by atoms with Gasteiger partial charge in [0.05, 0.1) is 8.49 Å². The predicted octanol–water partition coefficient (Wildman–Crippen LogP) is 4.33. The summed E-state index contributed by atoms with van der Waals surface area (Å²) in [5.41, 5.74) is 0.400. The standard InChI is InChI=1S/C13H10IN3O4/c1-7-6-10(18)12(13(19)11(7)14)16-15-8-4-2-3-5-9(8)17(20)21/h2-6,18-19H,1H3. The monoisotopic (exact) mass is 399 g/mol. The number of phenols is 2. The van der Waals surface area contributed by atoms with Crippen LogP contribution in [0.15, 0.2) is 40.6 Å². The highest BCUT2D eigenvalue weighted by atomic mass is 127. The van der Waals surface area contributed by atoms with E-state index in [1.165, 1.54) is 24.3 Å². The van der Waals surface area contributed by atoms with Crippen LogP contribution in [-0.2, 0) is 0 Å². The van der Waals surface area contributed by atoms with Gasteiger partial charge in [-0.05, 0) is 47.2 Å². The third-order valence-electron chi connectivity index (χ3n) is 2.71. The minimum Gasteiger partial charge on any atom is -0.505 e. The molecule has 0 unspecified atom stereocenters. The Labute approximate surface area is 133 Å². The molecule has 0 aliphatic rings. The van der Waals surface area contributed by atoms with E-state index in [-0.39, 0.29) is 28.6 Å². The molecule has 0 amide bonds. The summed E-state index contributed by atoms with van der Waals surface area (Å²) in [5.74, 6) is -0.455. The van der Waals surface area contributed by atoms with Gasteiger partial charge in [0, 0.05) is 6.07 Å². The fourth-order valence-electron chi connectivity index (χ4n) is 1.65. The van der Waals surface area contributed by atoms with E-state index in [0.29, 0.717) is 9.13 Å². The summed E-state index contributed by atoms with van der Waals surface area (Å²) >= 11 is 1.91. The number of nitro groups is 1. The van der Waals surface area contributed by atoms with E-state index in [9.17, 15) is 20.3 Å². The minimum atomic E-state index is -0.576. The van der Waals surface area contributed by atoms with Crippen molar-refractivity contribution in [3.8, 4) is 11.5 Å². The van der Waals surface area contributed by atoms with E-state index in [0.717, 1.165) is 0 Å². The van der Waals surface area contributed by atoms with Crippen molar-refractivity contribution < 1.29 is 15.1 Å². The third kappa shape index (κ3) is 3.10. The van der Waals surface area contributed by atoms with Gasteiger partial charge >= 0.3 is 0 Å². The zero-order valence-corrected chi connectivity index (χ0v) is 13.0. The Kier molecular flexibility index (Phi) is 4.36. The normalized spacial score (nSPS) is 11.0. The number of aromatic hydroxyl groups is 2. The first-order chi connectivity index (χ1) is 9.91. The Bertz CT molecular complexity index is 746. The number of nitrogens with zero attached hydrogens (tertiary/aromatic N) is 3. The molecule has 7 nitrogen and oxygen atoms in total. The summed E-state index contributed by atoms with van der Waals surface area (Å²) in [6, 6.07) is 7.26. The van der Waals surface area contributed by atoms with Gasteiger partial charge in [-0.15, -0.1) is 10.2 Å². The topological polar surface area (TPSA) is 108 Å².